The molecule has 0 bridgehead atoms. The van der Waals surface area contributed by atoms with Crippen LogP contribution in [0.2, 0.25) is 0 Å². The van der Waals surface area contributed by atoms with Crippen LogP contribution in [-0.4, -0.2) is 15.9 Å². The zero-order valence-electron chi connectivity index (χ0n) is 15.2. The van der Waals surface area contributed by atoms with Gasteiger partial charge in [-0.15, -0.1) is 0 Å². The lowest BCUT2D eigenvalue weighted by Gasteiger charge is -2.08. The van der Waals surface area contributed by atoms with Crippen molar-refractivity contribution in [3.05, 3.63) is 102 Å². The van der Waals surface area contributed by atoms with Crippen LogP contribution >= 0.6 is 0 Å². The Balaban J connectivity index is 1.33. The SMILES string of the molecule is O=C(NCc1ccc(COc2ccccc2)cc1)c1ccc2ncccc2n1. The number of pyridine rings is 2. The molecule has 0 aliphatic rings. The van der Waals surface area contributed by atoms with Crippen LogP contribution in [0.15, 0.2) is 85.1 Å². The Labute approximate surface area is 163 Å². The van der Waals surface area contributed by atoms with Gasteiger partial charge in [-0.2, -0.15) is 0 Å². The van der Waals surface area contributed by atoms with Crippen molar-refractivity contribution in [2.45, 2.75) is 13.2 Å². The number of nitrogens with zero attached hydrogens (tertiary/aromatic N) is 2. The Morgan fingerprint density at radius 3 is 2.43 bits per heavy atom. The molecule has 2 heterocycles. The summed E-state index contributed by atoms with van der Waals surface area (Å²) in [6.07, 6.45) is 1.71. The zero-order valence-corrected chi connectivity index (χ0v) is 15.2. The molecule has 5 heteroatoms. The topological polar surface area (TPSA) is 64.1 Å². The highest BCUT2D eigenvalue weighted by molar-refractivity contribution is 5.94. The van der Waals surface area contributed by atoms with Crippen LogP contribution in [0, 0.1) is 0 Å². The second-order valence-corrected chi connectivity index (χ2v) is 6.34. The van der Waals surface area contributed by atoms with Crippen molar-refractivity contribution in [1.29, 1.82) is 0 Å². The third-order valence-electron chi connectivity index (χ3n) is 4.31. The molecule has 0 aliphatic heterocycles. The maximum absolute atomic E-state index is 12.4. The number of fused-ring (bicyclic) bond motifs is 1. The van der Waals surface area contributed by atoms with Crippen LogP contribution in [0.1, 0.15) is 21.6 Å². The maximum atomic E-state index is 12.4. The highest BCUT2D eigenvalue weighted by atomic mass is 16.5. The van der Waals surface area contributed by atoms with Crippen LogP contribution in [0.3, 0.4) is 0 Å². The molecule has 138 valence electrons. The second-order valence-electron chi connectivity index (χ2n) is 6.34. The van der Waals surface area contributed by atoms with Crippen molar-refractivity contribution in [3.8, 4) is 5.75 Å². The molecule has 0 spiro atoms. The van der Waals surface area contributed by atoms with E-state index in [0.29, 0.717) is 24.4 Å². The van der Waals surface area contributed by atoms with E-state index in [4.69, 9.17) is 4.74 Å². The van der Waals surface area contributed by atoms with E-state index in [1.54, 1.807) is 24.4 Å². The van der Waals surface area contributed by atoms with Crippen LogP contribution < -0.4 is 10.1 Å². The molecule has 0 aliphatic carbocycles. The van der Waals surface area contributed by atoms with Gasteiger partial charge >= 0.3 is 0 Å². The average molecular weight is 369 g/mol. The third-order valence-corrected chi connectivity index (χ3v) is 4.31. The first-order chi connectivity index (χ1) is 13.8. The van der Waals surface area contributed by atoms with Gasteiger partial charge in [0, 0.05) is 12.7 Å². The van der Waals surface area contributed by atoms with Gasteiger partial charge in [0.25, 0.3) is 5.91 Å². The Hall–Kier alpha value is -3.73. The summed E-state index contributed by atoms with van der Waals surface area (Å²) in [5, 5.41) is 2.90. The standard InChI is InChI=1S/C23H19N3O2/c27-23(22-13-12-20-21(26-22)7-4-14-24-20)25-15-17-8-10-18(11-9-17)16-28-19-5-2-1-3-6-19/h1-14H,15-16H2,(H,25,27). The van der Waals surface area contributed by atoms with E-state index < -0.39 is 0 Å². The minimum absolute atomic E-state index is 0.206. The molecule has 0 unspecified atom stereocenters. The Kier molecular flexibility index (Phi) is 5.24. The number of ether oxygens (including phenoxy) is 1. The molecule has 2 aromatic carbocycles. The van der Waals surface area contributed by atoms with Gasteiger partial charge in [0.15, 0.2) is 0 Å². The van der Waals surface area contributed by atoms with Crippen molar-refractivity contribution < 1.29 is 9.53 Å². The fourth-order valence-corrected chi connectivity index (χ4v) is 2.79. The number of nitrogens with one attached hydrogen (secondary N) is 1. The van der Waals surface area contributed by atoms with Gasteiger partial charge in [-0.05, 0) is 47.5 Å². The van der Waals surface area contributed by atoms with E-state index in [-0.39, 0.29) is 5.91 Å². The lowest BCUT2D eigenvalue weighted by Crippen LogP contribution is -2.23. The second kappa shape index (κ2) is 8.31. The molecule has 1 amide bonds. The molecule has 0 fully saturated rings. The predicted molar refractivity (Wildman–Crippen MR) is 108 cm³/mol. The zero-order chi connectivity index (χ0) is 19.2. The normalized spacial score (nSPS) is 10.6. The van der Waals surface area contributed by atoms with Gasteiger partial charge in [-0.1, -0.05) is 42.5 Å². The smallest absolute Gasteiger partial charge is 0.270 e. The first-order valence-electron chi connectivity index (χ1n) is 9.03. The largest absolute Gasteiger partial charge is 0.489 e. The minimum Gasteiger partial charge on any atom is -0.489 e. The first kappa shape index (κ1) is 17.7. The van der Waals surface area contributed by atoms with E-state index in [1.165, 1.54) is 0 Å². The average Bonchev–Trinajstić information content (AvgIpc) is 2.77. The number of para-hydroxylation sites is 1. The molecule has 4 aromatic rings. The molecule has 0 radical (unpaired) electrons. The van der Waals surface area contributed by atoms with Crippen LogP contribution in [0.25, 0.3) is 11.0 Å². The lowest BCUT2D eigenvalue weighted by molar-refractivity contribution is 0.0946. The van der Waals surface area contributed by atoms with Crippen molar-refractivity contribution >= 4 is 16.9 Å². The lowest BCUT2D eigenvalue weighted by atomic mass is 10.1. The summed E-state index contributed by atoms with van der Waals surface area (Å²) >= 11 is 0. The van der Waals surface area contributed by atoms with E-state index >= 15 is 0 Å². The minimum atomic E-state index is -0.206. The number of carbonyl (C=O) groups is 1. The number of amides is 1. The monoisotopic (exact) mass is 369 g/mol. The highest BCUT2D eigenvalue weighted by Crippen LogP contribution is 2.13. The summed E-state index contributed by atoms with van der Waals surface area (Å²) in [5.41, 5.74) is 3.94. The van der Waals surface area contributed by atoms with Gasteiger partial charge in [0.2, 0.25) is 0 Å². The van der Waals surface area contributed by atoms with Gasteiger partial charge in [-0.25, -0.2) is 4.98 Å². The molecule has 1 N–H and O–H groups in total. The molecular weight excluding hydrogens is 350 g/mol. The molecule has 2 aromatic heterocycles. The molecule has 28 heavy (non-hydrogen) atoms. The quantitative estimate of drug-likeness (QED) is 0.555. The molecule has 0 atom stereocenters. The van der Waals surface area contributed by atoms with Crippen LogP contribution in [-0.2, 0) is 13.2 Å². The van der Waals surface area contributed by atoms with Crippen molar-refractivity contribution in [2.24, 2.45) is 0 Å². The fourth-order valence-electron chi connectivity index (χ4n) is 2.79. The van der Waals surface area contributed by atoms with Gasteiger partial charge in [0.1, 0.15) is 18.1 Å². The van der Waals surface area contributed by atoms with Crippen molar-refractivity contribution in [2.75, 3.05) is 0 Å². The number of rotatable bonds is 6. The van der Waals surface area contributed by atoms with E-state index in [2.05, 4.69) is 15.3 Å². The molecule has 4 rings (SSSR count). The van der Waals surface area contributed by atoms with Gasteiger partial charge in [0.05, 0.1) is 11.0 Å². The van der Waals surface area contributed by atoms with E-state index in [1.807, 2.05) is 60.7 Å². The summed E-state index contributed by atoms with van der Waals surface area (Å²) in [4.78, 5) is 21.0. The third kappa shape index (κ3) is 4.32. The number of benzene rings is 2. The highest BCUT2D eigenvalue weighted by Gasteiger charge is 2.08. The van der Waals surface area contributed by atoms with Crippen molar-refractivity contribution in [3.63, 3.8) is 0 Å². The Morgan fingerprint density at radius 1 is 0.821 bits per heavy atom. The number of carbonyl (C=O) groups excluding carboxylic acids is 1. The fraction of sp³-hybridized carbons (Fsp3) is 0.0870. The molecule has 5 nitrogen and oxygen atoms in total. The van der Waals surface area contributed by atoms with Gasteiger partial charge < -0.3 is 10.1 Å². The summed E-state index contributed by atoms with van der Waals surface area (Å²) < 4.78 is 5.74. The number of hydrogen-bond acceptors (Lipinski definition) is 4. The van der Waals surface area contributed by atoms with Crippen molar-refractivity contribution in [1.82, 2.24) is 15.3 Å². The molecule has 0 saturated heterocycles. The summed E-state index contributed by atoms with van der Waals surface area (Å²) in [5.74, 6) is 0.638. The van der Waals surface area contributed by atoms with E-state index in [0.717, 1.165) is 22.4 Å². The number of hydrogen-bond donors (Lipinski definition) is 1. The first-order valence-corrected chi connectivity index (χ1v) is 9.03. The van der Waals surface area contributed by atoms with E-state index in [9.17, 15) is 4.79 Å². The van der Waals surface area contributed by atoms with Gasteiger partial charge in [-0.3, -0.25) is 9.78 Å². The summed E-state index contributed by atoms with van der Waals surface area (Å²) in [7, 11) is 0. The summed E-state index contributed by atoms with van der Waals surface area (Å²) in [6.45, 7) is 0.942. The van der Waals surface area contributed by atoms with Crippen LogP contribution in [0.4, 0.5) is 0 Å². The molecular formula is C23H19N3O2. The maximum Gasteiger partial charge on any atom is 0.270 e. The predicted octanol–water partition coefficient (Wildman–Crippen LogP) is 4.14. The molecule has 0 saturated carbocycles. The summed E-state index contributed by atoms with van der Waals surface area (Å²) in [6, 6.07) is 24.8. The Bertz CT molecular complexity index is 1080. The van der Waals surface area contributed by atoms with Crippen LogP contribution in [0.5, 0.6) is 5.75 Å². The Morgan fingerprint density at radius 2 is 1.61 bits per heavy atom. The number of aromatic nitrogens is 2.